The Kier molecular flexibility index (Phi) is 4.29. The van der Waals surface area contributed by atoms with Crippen LogP contribution in [0.15, 0.2) is 28.7 Å². The number of nitrogens with zero attached hydrogens (tertiary/aromatic N) is 1. The first-order chi connectivity index (χ1) is 12.1. The second-order valence-electron chi connectivity index (χ2n) is 7.33. The Morgan fingerprint density at radius 2 is 2.24 bits per heavy atom. The van der Waals surface area contributed by atoms with E-state index in [1.807, 2.05) is 36.1 Å². The third-order valence-corrected chi connectivity index (χ3v) is 5.74. The van der Waals surface area contributed by atoms with Crippen LogP contribution in [0.2, 0.25) is 0 Å². The molecule has 2 aromatic rings. The molecule has 1 aromatic carbocycles. The molecule has 1 amide bonds. The fourth-order valence-electron chi connectivity index (χ4n) is 4.48. The van der Waals surface area contributed by atoms with Gasteiger partial charge in [0.15, 0.2) is 5.76 Å². The Balaban J connectivity index is 1.62. The van der Waals surface area contributed by atoms with Crippen molar-refractivity contribution in [3.63, 3.8) is 0 Å². The molecule has 4 rings (SSSR count). The summed E-state index contributed by atoms with van der Waals surface area (Å²) in [4.78, 5) is 15.1. The maximum Gasteiger partial charge on any atom is 0.289 e. The third-order valence-electron chi connectivity index (χ3n) is 5.74. The fourth-order valence-corrected chi connectivity index (χ4v) is 4.48. The quantitative estimate of drug-likeness (QED) is 0.857. The zero-order valence-corrected chi connectivity index (χ0v) is 14.9. The topological polar surface area (TPSA) is 51.9 Å². The molecule has 0 aliphatic carbocycles. The van der Waals surface area contributed by atoms with Crippen LogP contribution in [0.25, 0.3) is 11.0 Å². The van der Waals surface area contributed by atoms with Crippen LogP contribution in [0.5, 0.6) is 0 Å². The normalized spacial score (nSPS) is 26.6. The molecule has 134 valence electrons. The summed E-state index contributed by atoms with van der Waals surface area (Å²) in [6.07, 6.45) is 3.09. The highest BCUT2D eigenvalue weighted by atomic mass is 16.5. The molecule has 2 saturated heterocycles. The van der Waals surface area contributed by atoms with Gasteiger partial charge in [-0.25, -0.2) is 0 Å². The minimum Gasteiger partial charge on any atom is -0.451 e. The number of amides is 1. The molecular weight excluding hydrogens is 318 g/mol. The van der Waals surface area contributed by atoms with Gasteiger partial charge in [-0.2, -0.15) is 0 Å². The molecular formula is C20H25NO4. The molecule has 5 heteroatoms. The number of piperidine rings is 1. The Morgan fingerprint density at radius 3 is 3.04 bits per heavy atom. The van der Waals surface area contributed by atoms with Crippen molar-refractivity contribution in [3.05, 3.63) is 35.6 Å². The number of hydrogen-bond donors (Lipinski definition) is 0. The van der Waals surface area contributed by atoms with E-state index in [1.54, 1.807) is 7.11 Å². The zero-order chi connectivity index (χ0) is 17.4. The Morgan fingerprint density at radius 1 is 1.40 bits per heavy atom. The van der Waals surface area contributed by atoms with Crippen LogP contribution < -0.4 is 0 Å². The highest BCUT2D eigenvalue weighted by Gasteiger charge is 2.47. The molecule has 2 unspecified atom stereocenters. The summed E-state index contributed by atoms with van der Waals surface area (Å²) in [6.45, 7) is 4.76. The average molecular weight is 343 g/mol. The molecule has 0 spiro atoms. The zero-order valence-electron chi connectivity index (χ0n) is 14.9. The van der Waals surface area contributed by atoms with Gasteiger partial charge in [-0.05, 0) is 32.3 Å². The highest BCUT2D eigenvalue weighted by Crippen LogP contribution is 2.41. The monoisotopic (exact) mass is 343 g/mol. The number of aryl methyl sites for hydroxylation is 1. The fraction of sp³-hybridized carbons (Fsp3) is 0.550. The predicted molar refractivity (Wildman–Crippen MR) is 94.8 cm³/mol. The molecule has 25 heavy (non-hydrogen) atoms. The second kappa shape index (κ2) is 6.46. The number of para-hydroxylation sites is 1. The smallest absolute Gasteiger partial charge is 0.289 e. The second-order valence-corrected chi connectivity index (χ2v) is 7.33. The van der Waals surface area contributed by atoms with Crippen LogP contribution in [0, 0.1) is 12.3 Å². The molecule has 2 aliphatic rings. The third kappa shape index (κ3) is 2.75. The van der Waals surface area contributed by atoms with Crippen LogP contribution >= 0.6 is 0 Å². The molecule has 2 aliphatic heterocycles. The number of hydrogen-bond acceptors (Lipinski definition) is 4. The Hall–Kier alpha value is -1.85. The van der Waals surface area contributed by atoms with E-state index in [2.05, 4.69) is 0 Å². The van der Waals surface area contributed by atoms with Gasteiger partial charge in [-0.15, -0.1) is 0 Å². The van der Waals surface area contributed by atoms with Crippen molar-refractivity contribution < 1.29 is 18.7 Å². The van der Waals surface area contributed by atoms with Gasteiger partial charge in [-0.3, -0.25) is 4.79 Å². The summed E-state index contributed by atoms with van der Waals surface area (Å²) in [6, 6.07) is 7.81. The summed E-state index contributed by atoms with van der Waals surface area (Å²) in [5.74, 6) is 0.442. The standard InChI is InChI=1S/C20H25NO4/c1-14-15-6-3-4-7-16(15)25-18(14)19(22)21-10-8-17-20(12-21,13-23-2)9-5-11-24-17/h3-4,6-7,17H,5,8-13H2,1-2H3. The first-order valence-electron chi connectivity index (χ1n) is 9.02. The Labute approximate surface area is 147 Å². The number of benzene rings is 1. The first-order valence-corrected chi connectivity index (χ1v) is 9.02. The number of likely N-dealkylation sites (tertiary alicyclic amines) is 1. The highest BCUT2D eigenvalue weighted by molar-refractivity contribution is 5.99. The number of carbonyl (C=O) groups excluding carboxylic acids is 1. The van der Waals surface area contributed by atoms with E-state index >= 15 is 0 Å². The van der Waals surface area contributed by atoms with Gasteiger partial charge in [0.1, 0.15) is 5.58 Å². The predicted octanol–water partition coefficient (Wildman–Crippen LogP) is 3.40. The minimum atomic E-state index is -0.0964. The number of carbonyl (C=O) groups is 1. The summed E-state index contributed by atoms with van der Waals surface area (Å²) >= 11 is 0. The molecule has 0 N–H and O–H groups in total. The van der Waals surface area contributed by atoms with E-state index in [0.29, 0.717) is 25.5 Å². The number of methoxy groups -OCH3 is 1. The Bertz CT molecular complexity index is 779. The first kappa shape index (κ1) is 16.6. The summed E-state index contributed by atoms with van der Waals surface area (Å²) in [5, 5.41) is 1.01. The van der Waals surface area contributed by atoms with E-state index in [0.717, 1.165) is 42.4 Å². The van der Waals surface area contributed by atoms with Crippen LogP contribution in [0.4, 0.5) is 0 Å². The summed E-state index contributed by atoms with van der Waals surface area (Å²) in [5.41, 5.74) is 1.59. The molecule has 0 bridgehead atoms. The van der Waals surface area contributed by atoms with Crippen LogP contribution in [-0.2, 0) is 9.47 Å². The van der Waals surface area contributed by atoms with Crippen LogP contribution in [0.3, 0.4) is 0 Å². The maximum absolute atomic E-state index is 13.2. The summed E-state index contributed by atoms with van der Waals surface area (Å²) in [7, 11) is 1.73. The maximum atomic E-state index is 13.2. The molecule has 2 fully saturated rings. The largest absolute Gasteiger partial charge is 0.451 e. The van der Waals surface area contributed by atoms with E-state index in [9.17, 15) is 4.79 Å². The van der Waals surface area contributed by atoms with Gasteiger partial charge >= 0.3 is 0 Å². The molecule has 5 nitrogen and oxygen atoms in total. The van der Waals surface area contributed by atoms with Crippen molar-refractivity contribution >= 4 is 16.9 Å². The van der Waals surface area contributed by atoms with Crippen molar-refractivity contribution in [2.75, 3.05) is 33.4 Å². The van der Waals surface area contributed by atoms with Gasteiger partial charge in [-0.1, -0.05) is 18.2 Å². The number of ether oxygens (including phenoxy) is 2. The van der Waals surface area contributed by atoms with Crippen molar-refractivity contribution in [2.45, 2.75) is 32.3 Å². The molecule has 1 aromatic heterocycles. The molecule has 0 radical (unpaired) electrons. The van der Waals surface area contributed by atoms with Crippen LogP contribution in [0.1, 0.15) is 35.4 Å². The lowest BCUT2D eigenvalue weighted by Crippen LogP contribution is -2.58. The van der Waals surface area contributed by atoms with Gasteiger partial charge in [0, 0.05) is 43.2 Å². The average Bonchev–Trinajstić information content (AvgIpc) is 2.98. The lowest BCUT2D eigenvalue weighted by Gasteiger charge is -2.50. The van der Waals surface area contributed by atoms with E-state index in [4.69, 9.17) is 13.9 Å². The lowest BCUT2D eigenvalue weighted by molar-refractivity contribution is -0.142. The van der Waals surface area contributed by atoms with Gasteiger partial charge in [0.2, 0.25) is 0 Å². The van der Waals surface area contributed by atoms with E-state index < -0.39 is 0 Å². The van der Waals surface area contributed by atoms with Gasteiger partial charge in [0.25, 0.3) is 5.91 Å². The van der Waals surface area contributed by atoms with Crippen molar-refractivity contribution in [1.29, 1.82) is 0 Å². The van der Waals surface area contributed by atoms with Crippen LogP contribution in [-0.4, -0.2) is 50.3 Å². The number of fused-ring (bicyclic) bond motifs is 2. The van der Waals surface area contributed by atoms with Crippen molar-refractivity contribution in [2.24, 2.45) is 5.41 Å². The molecule has 2 atom stereocenters. The van der Waals surface area contributed by atoms with Crippen molar-refractivity contribution in [3.8, 4) is 0 Å². The minimum absolute atomic E-state index is 0.0202. The van der Waals surface area contributed by atoms with Crippen molar-refractivity contribution in [1.82, 2.24) is 4.90 Å². The SMILES string of the molecule is COCC12CCCOC1CCN(C(=O)c1oc3ccccc3c1C)C2. The lowest BCUT2D eigenvalue weighted by atomic mass is 9.73. The molecule has 3 heterocycles. The molecule has 0 saturated carbocycles. The summed E-state index contributed by atoms with van der Waals surface area (Å²) < 4.78 is 17.4. The van der Waals surface area contributed by atoms with Gasteiger partial charge < -0.3 is 18.8 Å². The van der Waals surface area contributed by atoms with E-state index in [-0.39, 0.29) is 17.4 Å². The number of furan rings is 1. The number of rotatable bonds is 3. The van der Waals surface area contributed by atoms with Gasteiger partial charge in [0.05, 0.1) is 12.7 Å². The van der Waals surface area contributed by atoms with E-state index in [1.165, 1.54) is 0 Å².